The lowest BCUT2D eigenvalue weighted by Gasteiger charge is -2.46. The van der Waals surface area contributed by atoms with Crippen LogP contribution in [0.3, 0.4) is 0 Å². The first kappa shape index (κ1) is 71.2. The lowest BCUT2D eigenvalue weighted by Crippen LogP contribution is -2.61. The number of benzene rings is 14. The summed E-state index contributed by atoms with van der Waals surface area (Å²) in [4.78, 5) is 5.40. The molecule has 2 aliphatic heterocycles. The Bertz CT molecular complexity index is 6350. The molecule has 14 aromatic carbocycles. The molecule has 546 valence electrons. The fourth-order valence-electron chi connectivity index (χ4n) is 17.6. The number of hydrogen-bond donors (Lipinski definition) is 0. The van der Waals surface area contributed by atoms with E-state index in [-0.39, 0.29) is 28.4 Å². The van der Waals surface area contributed by atoms with Crippen molar-refractivity contribution >= 4 is 107 Å². The Labute approximate surface area is 661 Å². The third-order valence-electron chi connectivity index (χ3n) is 23.4. The van der Waals surface area contributed by atoms with Gasteiger partial charge in [0.1, 0.15) is 5.58 Å². The monoisotopic (exact) mass is 1450 g/mol. The molecule has 0 fully saturated rings. The van der Waals surface area contributed by atoms with Gasteiger partial charge in [-0.05, 0) is 214 Å². The van der Waals surface area contributed by atoms with E-state index in [4.69, 9.17) is 4.42 Å². The lowest BCUT2D eigenvalue weighted by molar-refractivity contribution is 0.590. The highest BCUT2D eigenvalue weighted by Gasteiger charge is 2.47. The molecule has 0 N–H and O–H groups in total. The van der Waals surface area contributed by atoms with Crippen molar-refractivity contribution in [1.29, 1.82) is 0 Å². The van der Waals surface area contributed by atoms with Crippen LogP contribution in [-0.4, -0.2) is 11.3 Å². The standard InChI is InChI=1S/C107H94BN3O/c1-15-34-70(35-16-2)83-56-74(68-36-22-17-23-37-68)57-84(71-40-26-19-27-41-71)101(83)110-94-54-50-80(106(9,10)11)66-90(94)108-91-67-81(107(12,13)14)51-55-95(91)111(102-85(72-42-28-20-29-43-72)58-75(69-38-24-18-25-39-69)59-86(102)73-44-30-21-31-45-73)97-62-77(61-96(110)100(97)108)76-60-89-82-46-32-33-47-99(82)112-103(89)98(63-76)109-92-52-48-78(104(3,4)5)64-87(92)88-65-79(105(6,7)8)49-53-93(88)109/h15-67H,1H2,2-14H3/b35-16-,70-34+. The van der Waals surface area contributed by atoms with Gasteiger partial charge < -0.3 is 18.8 Å². The first-order chi connectivity index (χ1) is 54.0. The topological polar surface area (TPSA) is 24.6 Å². The zero-order valence-electron chi connectivity index (χ0n) is 66.6. The number of rotatable bonds is 12. The molecule has 0 saturated carbocycles. The van der Waals surface area contributed by atoms with Crippen molar-refractivity contribution in [3.05, 3.63) is 356 Å². The molecule has 0 spiro atoms. The maximum Gasteiger partial charge on any atom is 0.252 e. The number of hydrogen-bond acceptors (Lipinski definition) is 3. The van der Waals surface area contributed by atoms with Crippen LogP contribution >= 0.6 is 0 Å². The van der Waals surface area contributed by atoms with Gasteiger partial charge in [-0.25, -0.2) is 0 Å². The van der Waals surface area contributed by atoms with E-state index in [0.29, 0.717) is 0 Å². The molecule has 112 heavy (non-hydrogen) atoms. The van der Waals surface area contributed by atoms with Gasteiger partial charge in [0.05, 0.1) is 28.1 Å². The molecule has 0 radical (unpaired) electrons. The molecule has 16 aromatic rings. The molecule has 0 amide bonds. The molecular weight excluding hydrogens is 1350 g/mol. The quantitative estimate of drug-likeness (QED) is 0.0900. The van der Waals surface area contributed by atoms with Crippen LogP contribution in [0.15, 0.2) is 333 Å². The molecule has 0 atom stereocenters. The maximum atomic E-state index is 7.37. The van der Waals surface area contributed by atoms with Crippen molar-refractivity contribution in [1.82, 2.24) is 4.57 Å². The Morgan fingerprint density at radius 1 is 0.339 bits per heavy atom. The minimum atomic E-state index is -0.263. The van der Waals surface area contributed by atoms with Gasteiger partial charge >= 0.3 is 0 Å². The van der Waals surface area contributed by atoms with E-state index in [1.54, 1.807) is 0 Å². The lowest BCUT2D eigenvalue weighted by atomic mass is 9.33. The van der Waals surface area contributed by atoms with Gasteiger partial charge in [0, 0.05) is 66.5 Å². The van der Waals surface area contributed by atoms with Crippen molar-refractivity contribution < 1.29 is 4.42 Å². The van der Waals surface area contributed by atoms with Crippen molar-refractivity contribution in [3.8, 4) is 72.4 Å². The number of anilines is 6. The smallest absolute Gasteiger partial charge is 0.252 e. The molecular formula is C107H94BN3O. The van der Waals surface area contributed by atoms with E-state index >= 15 is 0 Å². The van der Waals surface area contributed by atoms with Crippen LogP contribution in [0.4, 0.5) is 34.1 Å². The first-order valence-electron chi connectivity index (χ1n) is 39.7. The summed E-state index contributed by atoms with van der Waals surface area (Å²) in [6.07, 6.45) is 8.58. The van der Waals surface area contributed by atoms with Gasteiger partial charge in [-0.1, -0.05) is 320 Å². The zero-order valence-corrected chi connectivity index (χ0v) is 66.6. The van der Waals surface area contributed by atoms with Crippen LogP contribution in [0.2, 0.25) is 0 Å². The molecule has 2 aromatic heterocycles. The van der Waals surface area contributed by atoms with E-state index in [1.165, 1.54) is 49.4 Å². The Morgan fingerprint density at radius 2 is 0.723 bits per heavy atom. The van der Waals surface area contributed by atoms with Crippen LogP contribution in [-0.2, 0) is 21.7 Å². The van der Waals surface area contributed by atoms with Gasteiger partial charge in [-0.2, -0.15) is 0 Å². The summed E-state index contributed by atoms with van der Waals surface area (Å²) in [6.45, 7) is 34.4. The Hall–Kier alpha value is -12.4. The minimum Gasteiger partial charge on any atom is -0.454 e. The van der Waals surface area contributed by atoms with E-state index in [1.807, 2.05) is 6.08 Å². The molecule has 4 heterocycles. The highest BCUT2D eigenvalue weighted by molar-refractivity contribution is 7.00. The Morgan fingerprint density at radius 3 is 1.18 bits per heavy atom. The summed E-state index contributed by atoms with van der Waals surface area (Å²) >= 11 is 0. The van der Waals surface area contributed by atoms with Crippen LogP contribution in [0.25, 0.3) is 122 Å². The zero-order chi connectivity index (χ0) is 77.3. The number of para-hydroxylation sites is 1. The van der Waals surface area contributed by atoms with Crippen LogP contribution in [0.1, 0.15) is 118 Å². The van der Waals surface area contributed by atoms with Gasteiger partial charge in [0.15, 0.2) is 5.58 Å². The van der Waals surface area contributed by atoms with E-state index < -0.39 is 0 Å². The molecule has 18 rings (SSSR count). The second kappa shape index (κ2) is 27.2. The number of allylic oxidation sites excluding steroid dienone is 5. The fourth-order valence-corrected chi connectivity index (χ4v) is 17.6. The SMILES string of the molecule is C=C/C=C(\C=C/C)c1cc(-c2ccccc2)cc(-c2ccccc2)c1N1c2ccc(C(C)(C)C)cc2B2c3cc(C(C)(C)C)ccc3N(c3c(-c4ccccc4)cc(-c4ccccc4)cc3-c3ccccc3)c3cc(-c4cc(-n5c6ccc(C(C)(C)C)cc6c6cc(C(C)(C)C)ccc65)c5oc6ccccc6c5c4)cc1c32. The highest BCUT2D eigenvalue weighted by Crippen LogP contribution is 2.56. The van der Waals surface area contributed by atoms with Crippen LogP contribution < -0.4 is 26.2 Å². The van der Waals surface area contributed by atoms with Crippen LogP contribution in [0.5, 0.6) is 0 Å². The summed E-state index contributed by atoms with van der Waals surface area (Å²) in [5, 5.41) is 4.53. The summed E-state index contributed by atoms with van der Waals surface area (Å²) in [5.74, 6) is 0. The highest BCUT2D eigenvalue weighted by atomic mass is 16.3. The first-order valence-corrected chi connectivity index (χ1v) is 39.7. The number of aromatic nitrogens is 1. The molecule has 0 bridgehead atoms. The second-order valence-electron chi connectivity index (χ2n) is 34.9. The predicted molar refractivity (Wildman–Crippen MR) is 482 cm³/mol. The summed E-state index contributed by atoms with van der Waals surface area (Å²) in [7, 11) is 0. The summed E-state index contributed by atoms with van der Waals surface area (Å²) in [5.41, 5.74) is 35.1. The van der Waals surface area contributed by atoms with E-state index in [0.717, 1.165) is 151 Å². The molecule has 2 aliphatic rings. The van der Waals surface area contributed by atoms with Crippen molar-refractivity contribution in [2.75, 3.05) is 9.80 Å². The molecule has 0 aliphatic carbocycles. The maximum absolute atomic E-state index is 7.37. The Balaban J connectivity index is 1.06. The van der Waals surface area contributed by atoms with Gasteiger partial charge in [-0.15, -0.1) is 0 Å². The summed E-state index contributed by atoms with van der Waals surface area (Å²) < 4.78 is 9.88. The third kappa shape index (κ3) is 12.2. The third-order valence-corrected chi connectivity index (χ3v) is 23.4. The molecule has 0 unspecified atom stereocenters. The molecule has 0 saturated heterocycles. The predicted octanol–water partition coefficient (Wildman–Crippen LogP) is 28.1. The van der Waals surface area contributed by atoms with Crippen molar-refractivity contribution in [3.63, 3.8) is 0 Å². The minimum absolute atomic E-state index is 0.0924. The fraction of sp³-hybridized carbons (Fsp3) is 0.159. The summed E-state index contributed by atoms with van der Waals surface area (Å²) in [6, 6.07) is 113. The molecule has 5 heteroatoms. The molecule has 4 nitrogen and oxygen atoms in total. The van der Waals surface area contributed by atoms with Crippen molar-refractivity contribution in [2.45, 2.75) is 112 Å². The number of nitrogens with zero attached hydrogens (tertiary/aromatic N) is 3. The van der Waals surface area contributed by atoms with Crippen molar-refractivity contribution in [2.24, 2.45) is 0 Å². The average Bonchev–Trinajstić information content (AvgIpc) is 0.747. The number of fused-ring (bicyclic) bond motifs is 10. The average molecular weight is 1450 g/mol. The number of furan rings is 1. The Kier molecular flexibility index (Phi) is 17.3. The van der Waals surface area contributed by atoms with Gasteiger partial charge in [0.25, 0.3) is 6.71 Å². The van der Waals surface area contributed by atoms with E-state index in [9.17, 15) is 0 Å². The normalized spacial score (nSPS) is 13.2. The van der Waals surface area contributed by atoms with Gasteiger partial charge in [0.2, 0.25) is 0 Å². The van der Waals surface area contributed by atoms with Crippen LogP contribution in [0, 0.1) is 0 Å². The largest absolute Gasteiger partial charge is 0.454 e. The van der Waals surface area contributed by atoms with Gasteiger partial charge in [-0.3, -0.25) is 0 Å². The van der Waals surface area contributed by atoms with E-state index in [2.05, 4.69) is 426 Å². The second-order valence-corrected chi connectivity index (χ2v) is 34.9.